The maximum absolute atomic E-state index is 6.24. The topological polar surface area (TPSA) is 37.8 Å². The summed E-state index contributed by atoms with van der Waals surface area (Å²) in [5.74, 6) is 0. The van der Waals surface area contributed by atoms with Gasteiger partial charge in [-0.3, -0.25) is 9.97 Å². The highest BCUT2D eigenvalue weighted by Gasteiger charge is 2.16. The van der Waals surface area contributed by atoms with Gasteiger partial charge in [0, 0.05) is 16.2 Å². The molecule has 3 nitrogen and oxygen atoms in total. The van der Waals surface area contributed by atoms with Crippen molar-refractivity contribution in [1.29, 1.82) is 0 Å². The van der Waals surface area contributed by atoms with E-state index in [-0.39, 0.29) is 6.04 Å². The average molecular weight is 310 g/mol. The van der Waals surface area contributed by atoms with Crippen molar-refractivity contribution in [3.8, 4) is 0 Å². The van der Waals surface area contributed by atoms with Crippen LogP contribution in [-0.2, 0) is 6.42 Å². The number of aryl methyl sites for hydroxylation is 1. The maximum atomic E-state index is 6.24. The van der Waals surface area contributed by atoms with Gasteiger partial charge in [0.05, 0.1) is 23.6 Å². The number of aromatic nitrogens is 2. The zero-order valence-electron chi connectivity index (χ0n) is 11.5. The van der Waals surface area contributed by atoms with Crippen molar-refractivity contribution in [2.75, 3.05) is 6.54 Å². The molecule has 0 saturated heterocycles. The summed E-state index contributed by atoms with van der Waals surface area (Å²) in [5.41, 5.74) is 2.73. The van der Waals surface area contributed by atoms with Crippen LogP contribution in [0.5, 0.6) is 0 Å². The lowest BCUT2D eigenvalue weighted by Crippen LogP contribution is -2.24. The molecule has 20 heavy (non-hydrogen) atoms. The molecule has 1 aromatic carbocycles. The smallest absolute Gasteiger partial charge is 0.0759 e. The first-order valence-corrected chi connectivity index (χ1v) is 7.32. The Morgan fingerprint density at radius 1 is 1.15 bits per heavy atom. The van der Waals surface area contributed by atoms with Gasteiger partial charge in [-0.15, -0.1) is 0 Å². The normalized spacial score (nSPS) is 12.4. The lowest BCUT2D eigenvalue weighted by Gasteiger charge is -2.18. The minimum absolute atomic E-state index is 0.0468. The van der Waals surface area contributed by atoms with Crippen LogP contribution in [-0.4, -0.2) is 16.5 Å². The van der Waals surface area contributed by atoms with E-state index in [4.69, 9.17) is 23.2 Å². The summed E-state index contributed by atoms with van der Waals surface area (Å²) in [6.07, 6.45) is 4.26. The summed E-state index contributed by atoms with van der Waals surface area (Å²) < 4.78 is 0. The fourth-order valence-electron chi connectivity index (χ4n) is 2.04. The number of benzene rings is 1. The zero-order valence-corrected chi connectivity index (χ0v) is 13.0. The molecule has 106 valence electrons. The standard InChI is InChI=1S/C15H17Cl2N3/c1-3-18-14(15-9-19-10(2)8-20-15)7-11-12(16)5-4-6-13(11)17/h4-6,8-9,14,18H,3,7H2,1-2H3. The predicted octanol–water partition coefficient (Wildman–Crippen LogP) is 3.99. The van der Waals surface area contributed by atoms with Crippen LogP contribution in [0, 0.1) is 6.92 Å². The van der Waals surface area contributed by atoms with E-state index in [2.05, 4.69) is 22.2 Å². The SMILES string of the molecule is CCNC(Cc1c(Cl)cccc1Cl)c1cnc(C)cn1. The third-order valence-corrected chi connectivity index (χ3v) is 3.79. The second-order valence-electron chi connectivity index (χ2n) is 4.60. The zero-order chi connectivity index (χ0) is 14.5. The maximum Gasteiger partial charge on any atom is 0.0759 e. The third-order valence-electron chi connectivity index (χ3n) is 3.08. The van der Waals surface area contributed by atoms with Crippen molar-refractivity contribution >= 4 is 23.2 Å². The molecule has 1 aromatic heterocycles. The van der Waals surface area contributed by atoms with Crippen molar-refractivity contribution < 1.29 is 0 Å². The molecule has 0 saturated carbocycles. The molecular weight excluding hydrogens is 293 g/mol. The summed E-state index contributed by atoms with van der Waals surface area (Å²) in [4.78, 5) is 8.74. The van der Waals surface area contributed by atoms with Gasteiger partial charge in [0.2, 0.25) is 0 Å². The Kier molecular flexibility index (Phi) is 5.35. The molecule has 1 unspecified atom stereocenters. The quantitative estimate of drug-likeness (QED) is 0.907. The summed E-state index contributed by atoms with van der Waals surface area (Å²) in [5, 5.41) is 4.76. The Balaban J connectivity index is 2.28. The monoisotopic (exact) mass is 309 g/mol. The van der Waals surface area contributed by atoms with Gasteiger partial charge < -0.3 is 5.32 Å². The van der Waals surface area contributed by atoms with Gasteiger partial charge in [-0.05, 0) is 37.6 Å². The number of hydrogen-bond acceptors (Lipinski definition) is 3. The minimum Gasteiger partial charge on any atom is -0.309 e. The van der Waals surface area contributed by atoms with Gasteiger partial charge in [-0.25, -0.2) is 0 Å². The van der Waals surface area contributed by atoms with Gasteiger partial charge in [-0.1, -0.05) is 36.2 Å². The van der Waals surface area contributed by atoms with E-state index in [0.717, 1.165) is 23.5 Å². The van der Waals surface area contributed by atoms with Crippen molar-refractivity contribution in [2.24, 2.45) is 0 Å². The van der Waals surface area contributed by atoms with E-state index in [1.165, 1.54) is 0 Å². The van der Waals surface area contributed by atoms with Crippen LogP contribution in [0.1, 0.15) is 29.9 Å². The molecule has 0 aliphatic rings. The van der Waals surface area contributed by atoms with Gasteiger partial charge >= 0.3 is 0 Å². The number of likely N-dealkylation sites (N-methyl/N-ethyl adjacent to an activating group) is 1. The van der Waals surface area contributed by atoms with Crippen LogP contribution in [0.4, 0.5) is 0 Å². The number of nitrogens with zero attached hydrogens (tertiary/aromatic N) is 2. The van der Waals surface area contributed by atoms with Crippen LogP contribution in [0.25, 0.3) is 0 Å². The first kappa shape index (κ1) is 15.2. The fourth-order valence-corrected chi connectivity index (χ4v) is 2.59. The predicted molar refractivity (Wildman–Crippen MR) is 83.4 cm³/mol. The molecule has 2 aromatic rings. The Morgan fingerprint density at radius 2 is 1.85 bits per heavy atom. The third kappa shape index (κ3) is 3.69. The highest BCUT2D eigenvalue weighted by atomic mass is 35.5. The molecule has 0 aliphatic heterocycles. The first-order chi connectivity index (χ1) is 9.61. The summed E-state index contributed by atoms with van der Waals surface area (Å²) >= 11 is 12.5. The number of rotatable bonds is 5. The van der Waals surface area contributed by atoms with Gasteiger partial charge in [0.1, 0.15) is 0 Å². The summed E-state index contributed by atoms with van der Waals surface area (Å²) in [7, 11) is 0. The van der Waals surface area contributed by atoms with E-state index < -0.39 is 0 Å². The number of nitrogens with one attached hydrogen (secondary N) is 1. The van der Waals surface area contributed by atoms with Crippen molar-refractivity contribution in [3.63, 3.8) is 0 Å². The van der Waals surface area contributed by atoms with Crippen molar-refractivity contribution in [2.45, 2.75) is 26.3 Å². The lowest BCUT2D eigenvalue weighted by atomic mass is 10.0. The van der Waals surface area contributed by atoms with E-state index in [0.29, 0.717) is 16.5 Å². The minimum atomic E-state index is 0.0468. The largest absolute Gasteiger partial charge is 0.309 e. The molecule has 2 rings (SSSR count). The Labute approximate surface area is 129 Å². The van der Waals surface area contributed by atoms with Crippen molar-refractivity contribution in [1.82, 2.24) is 15.3 Å². The first-order valence-electron chi connectivity index (χ1n) is 6.56. The molecule has 0 amide bonds. The van der Waals surface area contributed by atoms with Crippen LogP contribution in [0.15, 0.2) is 30.6 Å². The van der Waals surface area contributed by atoms with E-state index in [1.54, 1.807) is 12.4 Å². The second kappa shape index (κ2) is 7.02. The van der Waals surface area contributed by atoms with E-state index in [1.807, 2.05) is 25.1 Å². The molecule has 1 heterocycles. The van der Waals surface area contributed by atoms with E-state index in [9.17, 15) is 0 Å². The van der Waals surface area contributed by atoms with Gasteiger partial charge in [0.25, 0.3) is 0 Å². The van der Waals surface area contributed by atoms with Gasteiger partial charge in [-0.2, -0.15) is 0 Å². The molecule has 5 heteroatoms. The molecule has 0 radical (unpaired) electrons. The lowest BCUT2D eigenvalue weighted by molar-refractivity contribution is 0.534. The molecular formula is C15H17Cl2N3. The molecule has 1 atom stereocenters. The Morgan fingerprint density at radius 3 is 2.40 bits per heavy atom. The van der Waals surface area contributed by atoms with Crippen LogP contribution in [0.3, 0.4) is 0 Å². The van der Waals surface area contributed by atoms with Crippen LogP contribution < -0.4 is 5.32 Å². The second-order valence-corrected chi connectivity index (χ2v) is 5.41. The number of hydrogen-bond donors (Lipinski definition) is 1. The average Bonchev–Trinajstić information content (AvgIpc) is 2.43. The molecule has 1 N–H and O–H groups in total. The Bertz CT molecular complexity index is 550. The highest BCUT2D eigenvalue weighted by molar-refractivity contribution is 6.36. The summed E-state index contributed by atoms with van der Waals surface area (Å²) in [6, 6.07) is 5.60. The molecule has 0 spiro atoms. The summed E-state index contributed by atoms with van der Waals surface area (Å²) in [6.45, 7) is 4.81. The fraction of sp³-hybridized carbons (Fsp3) is 0.333. The molecule has 0 aliphatic carbocycles. The molecule has 0 fully saturated rings. The van der Waals surface area contributed by atoms with Crippen LogP contribution >= 0.6 is 23.2 Å². The van der Waals surface area contributed by atoms with Crippen molar-refractivity contribution in [3.05, 3.63) is 57.6 Å². The van der Waals surface area contributed by atoms with Crippen LogP contribution in [0.2, 0.25) is 10.0 Å². The molecule has 0 bridgehead atoms. The highest BCUT2D eigenvalue weighted by Crippen LogP contribution is 2.28. The van der Waals surface area contributed by atoms with E-state index >= 15 is 0 Å². The Hall–Kier alpha value is -1.16. The van der Waals surface area contributed by atoms with Gasteiger partial charge in [0.15, 0.2) is 0 Å². The number of halogens is 2.